The molecule has 9 nitrogen and oxygen atoms in total. The zero-order valence-corrected chi connectivity index (χ0v) is 27.0. The highest BCUT2D eigenvalue weighted by Crippen LogP contribution is 2.39. The number of piperidine rings is 1. The van der Waals surface area contributed by atoms with Gasteiger partial charge in [-0.2, -0.15) is 4.98 Å². The van der Waals surface area contributed by atoms with Crippen molar-refractivity contribution in [2.45, 2.75) is 32.2 Å². The van der Waals surface area contributed by atoms with Crippen LogP contribution in [0.4, 0.5) is 28.8 Å². The third-order valence-electron chi connectivity index (χ3n) is 8.37. The molecule has 2 aromatic carbocycles. The third kappa shape index (κ3) is 7.03. The standard InChI is InChI=1S/C31H43ClN7O2P/c1-6-22-19-26(28(41-3)20-27(22)39-13-11-23(12-14-39)38-17-15-37(2)16-18-38)35-31-33-21-24(32)30(36-31)34-25-9-7-8-10-29(25)42(4,5)40/h7-10,19-21,23H,6,11-18H2,1-5H3,(H2,33,34,35,36). The monoisotopic (exact) mass is 611 g/mol. The maximum Gasteiger partial charge on any atom is 0.229 e. The number of aryl methyl sites for hydroxylation is 1. The first-order valence-electron chi connectivity index (χ1n) is 14.8. The van der Waals surface area contributed by atoms with Crippen molar-refractivity contribution in [3.63, 3.8) is 0 Å². The van der Waals surface area contributed by atoms with Crippen molar-refractivity contribution in [1.29, 1.82) is 0 Å². The average molecular weight is 612 g/mol. The van der Waals surface area contributed by atoms with Crippen LogP contribution >= 0.6 is 18.7 Å². The van der Waals surface area contributed by atoms with E-state index in [9.17, 15) is 4.57 Å². The van der Waals surface area contributed by atoms with Crippen molar-refractivity contribution in [2.75, 3.05) is 82.3 Å². The maximum absolute atomic E-state index is 12.9. The summed E-state index contributed by atoms with van der Waals surface area (Å²) in [6.07, 6.45) is 4.81. The molecule has 226 valence electrons. The topological polar surface area (TPSA) is 85.9 Å². The number of anilines is 5. The molecule has 5 rings (SSSR count). The Bertz CT molecular complexity index is 1430. The maximum atomic E-state index is 12.9. The molecule has 2 aliphatic heterocycles. The number of nitrogens with one attached hydrogen (secondary N) is 2. The summed E-state index contributed by atoms with van der Waals surface area (Å²) in [5.74, 6) is 1.56. The first-order chi connectivity index (χ1) is 20.2. The highest BCUT2D eigenvalue weighted by Gasteiger charge is 2.28. The first kappa shape index (κ1) is 30.6. The number of rotatable bonds is 9. The smallest absolute Gasteiger partial charge is 0.229 e. The Morgan fingerprint density at radius 1 is 1.02 bits per heavy atom. The Morgan fingerprint density at radius 3 is 2.40 bits per heavy atom. The van der Waals surface area contributed by atoms with Gasteiger partial charge >= 0.3 is 0 Å². The number of methoxy groups -OCH3 is 1. The van der Waals surface area contributed by atoms with E-state index in [2.05, 4.69) is 61.4 Å². The molecule has 0 saturated carbocycles. The van der Waals surface area contributed by atoms with E-state index in [0.717, 1.165) is 49.3 Å². The van der Waals surface area contributed by atoms with Crippen molar-refractivity contribution in [1.82, 2.24) is 19.8 Å². The molecule has 3 aromatic rings. The van der Waals surface area contributed by atoms with Gasteiger partial charge < -0.3 is 29.7 Å². The van der Waals surface area contributed by atoms with Crippen LogP contribution in [0.3, 0.4) is 0 Å². The number of halogens is 1. The van der Waals surface area contributed by atoms with Gasteiger partial charge in [-0.3, -0.25) is 4.90 Å². The van der Waals surface area contributed by atoms with Crippen molar-refractivity contribution in [3.8, 4) is 5.75 Å². The molecule has 11 heteroatoms. The predicted octanol–water partition coefficient (Wildman–Crippen LogP) is 5.65. The van der Waals surface area contributed by atoms with Gasteiger partial charge in [-0.15, -0.1) is 0 Å². The fourth-order valence-corrected chi connectivity index (χ4v) is 7.22. The highest BCUT2D eigenvalue weighted by atomic mass is 35.5. The van der Waals surface area contributed by atoms with E-state index >= 15 is 0 Å². The normalized spacial score (nSPS) is 17.3. The van der Waals surface area contributed by atoms with Crippen LogP contribution in [-0.2, 0) is 11.0 Å². The average Bonchev–Trinajstić information content (AvgIpc) is 2.99. The molecule has 0 spiro atoms. The van der Waals surface area contributed by atoms with Gasteiger partial charge in [0, 0.05) is 62.4 Å². The molecule has 3 heterocycles. The predicted molar refractivity (Wildman–Crippen MR) is 176 cm³/mol. The highest BCUT2D eigenvalue weighted by molar-refractivity contribution is 7.70. The first-order valence-corrected chi connectivity index (χ1v) is 17.7. The van der Waals surface area contributed by atoms with Gasteiger partial charge in [-0.05, 0) is 63.4 Å². The second-order valence-corrected chi connectivity index (χ2v) is 15.2. The van der Waals surface area contributed by atoms with Gasteiger partial charge in [0.05, 0.1) is 24.7 Å². The summed E-state index contributed by atoms with van der Waals surface area (Å²) in [4.78, 5) is 16.7. The van der Waals surface area contributed by atoms with Gasteiger partial charge in [0.15, 0.2) is 5.82 Å². The second kappa shape index (κ2) is 13.2. The lowest BCUT2D eigenvalue weighted by atomic mass is 9.99. The van der Waals surface area contributed by atoms with Crippen molar-refractivity contribution >= 4 is 52.9 Å². The summed E-state index contributed by atoms with van der Waals surface area (Å²) in [5.41, 5.74) is 3.99. The SMILES string of the molecule is CCc1cc(Nc2ncc(Cl)c(Nc3ccccc3P(C)(C)=O)n2)c(OC)cc1N1CCC(N2CCN(C)CC2)CC1. The largest absolute Gasteiger partial charge is 0.494 e. The lowest BCUT2D eigenvalue weighted by Crippen LogP contribution is -2.52. The number of hydrogen-bond donors (Lipinski definition) is 2. The number of ether oxygens (including phenoxy) is 1. The van der Waals surface area contributed by atoms with E-state index in [1.165, 1.54) is 37.2 Å². The van der Waals surface area contributed by atoms with Crippen LogP contribution in [-0.4, -0.2) is 92.6 Å². The van der Waals surface area contributed by atoms with Gasteiger partial charge in [-0.25, -0.2) is 4.98 Å². The van der Waals surface area contributed by atoms with Gasteiger partial charge in [-0.1, -0.05) is 30.7 Å². The zero-order chi connectivity index (χ0) is 29.9. The molecular formula is C31H43ClN7O2P. The Labute approximate surface area is 255 Å². The fourth-order valence-electron chi connectivity index (χ4n) is 5.93. The van der Waals surface area contributed by atoms with Crippen LogP contribution in [0.25, 0.3) is 0 Å². The molecule has 0 unspecified atom stereocenters. The van der Waals surface area contributed by atoms with E-state index in [1.807, 2.05) is 24.3 Å². The van der Waals surface area contributed by atoms with Gasteiger partial charge in [0.2, 0.25) is 5.95 Å². The summed E-state index contributed by atoms with van der Waals surface area (Å²) < 4.78 is 18.7. The number of benzene rings is 2. The number of likely N-dealkylation sites (N-methyl/N-ethyl adjacent to an activating group) is 1. The van der Waals surface area contributed by atoms with E-state index < -0.39 is 7.14 Å². The van der Waals surface area contributed by atoms with E-state index in [0.29, 0.717) is 28.5 Å². The van der Waals surface area contributed by atoms with Gasteiger partial charge in [0.1, 0.15) is 17.9 Å². The van der Waals surface area contributed by atoms with E-state index in [1.54, 1.807) is 26.6 Å². The van der Waals surface area contributed by atoms with Crippen LogP contribution in [0.15, 0.2) is 42.6 Å². The van der Waals surface area contributed by atoms with Crippen LogP contribution in [0.2, 0.25) is 5.02 Å². The Kier molecular flexibility index (Phi) is 9.63. The Morgan fingerprint density at radius 2 is 1.74 bits per heavy atom. The van der Waals surface area contributed by atoms with Crippen molar-refractivity contribution in [2.24, 2.45) is 0 Å². The summed E-state index contributed by atoms with van der Waals surface area (Å²) in [5, 5.41) is 7.73. The molecule has 2 saturated heterocycles. The number of piperazine rings is 1. The Balaban J connectivity index is 1.33. The van der Waals surface area contributed by atoms with Crippen molar-refractivity contribution in [3.05, 3.63) is 53.2 Å². The zero-order valence-electron chi connectivity index (χ0n) is 25.4. The molecule has 2 fully saturated rings. The molecule has 0 bridgehead atoms. The molecule has 1 aromatic heterocycles. The van der Waals surface area contributed by atoms with Crippen molar-refractivity contribution < 1.29 is 9.30 Å². The van der Waals surface area contributed by atoms with E-state index in [-0.39, 0.29) is 0 Å². The molecule has 0 aliphatic carbocycles. The number of nitrogens with zero attached hydrogens (tertiary/aromatic N) is 5. The molecule has 2 N–H and O–H groups in total. The summed E-state index contributed by atoms with van der Waals surface area (Å²) in [6, 6.07) is 12.5. The number of para-hydroxylation sites is 1. The second-order valence-electron chi connectivity index (χ2n) is 11.6. The fraction of sp³-hybridized carbons (Fsp3) is 0.484. The minimum absolute atomic E-state index is 0.369. The molecule has 2 aliphatic rings. The molecular weight excluding hydrogens is 569 g/mol. The van der Waals surface area contributed by atoms with Crippen LogP contribution in [0.1, 0.15) is 25.3 Å². The Hall–Kier alpha value is -2.84. The summed E-state index contributed by atoms with van der Waals surface area (Å²) >= 11 is 6.48. The summed E-state index contributed by atoms with van der Waals surface area (Å²) in [7, 11) is 1.39. The van der Waals surface area contributed by atoms with E-state index in [4.69, 9.17) is 16.3 Å². The van der Waals surface area contributed by atoms with Gasteiger partial charge in [0.25, 0.3) is 0 Å². The number of hydrogen-bond acceptors (Lipinski definition) is 9. The van der Waals surface area contributed by atoms with Crippen LogP contribution < -0.4 is 25.6 Å². The van der Waals surface area contributed by atoms with Crippen LogP contribution in [0, 0.1) is 0 Å². The summed E-state index contributed by atoms with van der Waals surface area (Å²) in [6.45, 7) is 12.4. The quantitative estimate of drug-likeness (QED) is 0.298. The lowest BCUT2D eigenvalue weighted by molar-refractivity contribution is 0.0982. The molecule has 42 heavy (non-hydrogen) atoms. The lowest BCUT2D eigenvalue weighted by Gasteiger charge is -2.43. The minimum Gasteiger partial charge on any atom is -0.494 e. The van der Waals surface area contributed by atoms with Crippen LogP contribution in [0.5, 0.6) is 5.75 Å². The molecule has 0 atom stereocenters. The molecule has 0 radical (unpaired) electrons. The third-order valence-corrected chi connectivity index (χ3v) is 10.2. The number of aromatic nitrogens is 2. The minimum atomic E-state index is -2.51. The molecule has 0 amide bonds.